The van der Waals surface area contributed by atoms with Gasteiger partial charge >= 0.3 is 5.38 Å². The largest absolute Gasteiger partial charge is 0.369 e. The van der Waals surface area contributed by atoms with E-state index in [-0.39, 0.29) is 5.75 Å². The molecule has 0 N–H and O–H groups in total. The highest BCUT2D eigenvalue weighted by Crippen LogP contribution is 2.43. The van der Waals surface area contributed by atoms with Gasteiger partial charge in [0.15, 0.2) is 0 Å². The third kappa shape index (κ3) is 4.01. The fourth-order valence-electron chi connectivity index (χ4n) is 0.690. The number of alkyl halides is 5. The third-order valence-corrected chi connectivity index (χ3v) is 4.26. The van der Waals surface area contributed by atoms with E-state index in [4.69, 9.17) is 11.6 Å². The highest BCUT2D eigenvalue weighted by molar-refractivity contribution is 8.01. The molecular formula is C7H6Cl2F3NS2. The summed E-state index contributed by atoms with van der Waals surface area (Å²) in [7, 11) is 0. The van der Waals surface area contributed by atoms with Crippen molar-refractivity contribution in [1.82, 2.24) is 4.98 Å². The minimum atomic E-state index is -4.06. The molecule has 0 aromatic carbocycles. The van der Waals surface area contributed by atoms with Gasteiger partial charge in [-0.25, -0.2) is 9.37 Å². The maximum absolute atomic E-state index is 13.1. The molecule has 8 heteroatoms. The molecule has 1 heterocycles. The van der Waals surface area contributed by atoms with Crippen LogP contribution in [0.3, 0.4) is 0 Å². The molecule has 0 aliphatic heterocycles. The first-order valence-electron chi connectivity index (χ1n) is 3.80. The monoisotopic (exact) mass is 295 g/mol. The van der Waals surface area contributed by atoms with Crippen molar-refractivity contribution < 1.29 is 13.2 Å². The lowest BCUT2D eigenvalue weighted by atomic mass is 10.3. The van der Waals surface area contributed by atoms with E-state index >= 15 is 0 Å². The highest BCUT2D eigenvalue weighted by atomic mass is 35.5. The number of hydrogen-bond donors (Lipinski definition) is 0. The molecule has 1 atom stereocenters. The van der Waals surface area contributed by atoms with Crippen LogP contribution in [0.2, 0.25) is 0 Å². The predicted octanol–water partition coefficient (Wildman–Crippen LogP) is 4.36. The van der Waals surface area contributed by atoms with Crippen molar-refractivity contribution in [3.63, 3.8) is 0 Å². The topological polar surface area (TPSA) is 12.9 Å². The van der Waals surface area contributed by atoms with Gasteiger partial charge in [0.05, 0.1) is 0 Å². The first kappa shape index (κ1) is 13.4. The Morgan fingerprint density at radius 2 is 2.07 bits per heavy atom. The number of halogens is 5. The van der Waals surface area contributed by atoms with Crippen LogP contribution < -0.4 is 0 Å². The number of rotatable bonds is 5. The van der Waals surface area contributed by atoms with Crippen molar-refractivity contribution in [3.8, 4) is 0 Å². The van der Waals surface area contributed by atoms with Gasteiger partial charge in [0, 0.05) is 23.8 Å². The fraction of sp³-hybridized carbons (Fsp3) is 0.571. The normalized spacial score (nSPS) is 16.3. The van der Waals surface area contributed by atoms with Crippen LogP contribution in [0.4, 0.5) is 13.2 Å². The average Bonchev–Trinajstić information content (AvgIpc) is 2.54. The maximum atomic E-state index is 13.1. The molecule has 1 rings (SSSR count). The molecule has 0 aliphatic rings. The summed E-state index contributed by atoms with van der Waals surface area (Å²) in [6.07, 6.45) is 1.03. The van der Waals surface area contributed by atoms with E-state index in [9.17, 15) is 13.2 Å². The molecule has 86 valence electrons. The lowest BCUT2D eigenvalue weighted by molar-refractivity contribution is -0.0207. The van der Waals surface area contributed by atoms with E-state index in [0.29, 0.717) is 4.34 Å². The Morgan fingerprint density at radius 3 is 2.53 bits per heavy atom. The number of aromatic nitrogens is 1. The molecule has 0 bridgehead atoms. The molecule has 0 fully saturated rings. The van der Waals surface area contributed by atoms with Crippen LogP contribution in [0, 0.1) is 0 Å². The molecule has 0 aliphatic carbocycles. The van der Waals surface area contributed by atoms with Crippen LogP contribution in [0.5, 0.6) is 0 Å². The van der Waals surface area contributed by atoms with Crippen molar-refractivity contribution in [2.45, 2.75) is 21.3 Å². The van der Waals surface area contributed by atoms with Crippen molar-refractivity contribution in [2.24, 2.45) is 0 Å². The van der Waals surface area contributed by atoms with Crippen molar-refractivity contribution in [1.29, 1.82) is 0 Å². The van der Waals surface area contributed by atoms with Crippen LogP contribution in [-0.4, -0.2) is 21.2 Å². The second kappa shape index (κ2) is 5.12. The van der Waals surface area contributed by atoms with Crippen LogP contribution in [-0.2, 0) is 0 Å². The van der Waals surface area contributed by atoms with Crippen LogP contribution in [0.1, 0.15) is 6.42 Å². The third-order valence-electron chi connectivity index (χ3n) is 1.47. The molecule has 0 saturated carbocycles. The minimum Gasteiger partial charge on any atom is -0.238 e. The quantitative estimate of drug-likeness (QED) is 0.591. The molecule has 1 nitrogen and oxygen atoms in total. The molecule has 0 spiro atoms. The first-order valence-corrected chi connectivity index (χ1v) is 6.42. The SMILES string of the molecule is FC(F)(Cl)C(F)(Cl)CCSc1nccs1. The predicted molar refractivity (Wildman–Crippen MR) is 57.9 cm³/mol. The van der Waals surface area contributed by atoms with Crippen LogP contribution in [0.15, 0.2) is 15.9 Å². The molecule has 1 unspecified atom stereocenters. The average molecular weight is 296 g/mol. The van der Waals surface area contributed by atoms with Crippen LogP contribution in [0.25, 0.3) is 0 Å². The number of thioether (sulfide) groups is 1. The molecule has 0 radical (unpaired) electrons. The summed E-state index contributed by atoms with van der Waals surface area (Å²) in [6, 6.07) is 0. The van der Waals surface area contributed by atoms with E-state index < -0.39 is 16.9 Å². The molecule has 15 heavy (non-hydrogen) atoms. The maximum Gasteiger partial charge on any atom is 0.369 e. The lowest BCUT2D eigenvalue weighted by Crippen LogP contribution is -2.34. The Balaban J connectivity index is 2.37. The second-order valence-electron chi connectivity index (χ2n) is 2.60. The summed E-state index contributed by atoms with van der Waals surface area (Å²) in [5, 5.41) is -5.53. The summed E-state index contributed by atoms with van der Waals surface area (Å²) >= 11 is 12.0. The fourth-order valence-corrected chi connectivity index (χ4v) is 2.73. The minimum absolute atomic E-state index is 0.0931. The molecular weight excluding hydrogens is 290 g/mol. The molecule has 0 saturated heterocycles. The Kier molecular flexibility index (Phi) is 4.58. The summed E-state index contributed by atoms with van der Waals surface area (Å²) in [5.74, 6) is 0.0931. The van der Waals surface area contributed by atoms with Crippen molar-refractivity contribution in [2.75, 3.05) is 5.75 Å². The Hall–Kier alpha value is 0.350. The highest BCUT2D eigenvalue weighted by Gasteiger charge is 2.51. The van der Waals surface area contributed by atoms with Gasteiger partial charge in [-0.2, -0.15) is 8.78 Å². The lowest BCUT2D eigenvalue weighted by Gasteiger charge is -2.21. The van der Waals surface area contributed by atoms with Gasteiger partial charge < -0.3 is 0 Å². The van der Waals surface area contributed by atoms with E-state index in [2.05, 4.69) is 16.6 Å². The van der Waals surface area contributed by atoms with E-state index in [1.165, 1.54) is 11.3 Å². The first-order chi connectivity index (χ1) is 6.83. The second-order valence-corrected chi connectivity index (χ2v) is 5.91. The Morgan fingerprint density at radius 1 is 1.40 bits per heavy atom. The Labute approximate surface area is 103 Å². The van der Waals surface area contributed by atoms with Crippen molar-refractivity contribution in [3.05, 3.63) is 11.6 Å². The number of hydrogen-bond acceptors (Lipinski definition) is 3. The summed E-state index contributed by atoms with van der Waals surface area (Å²) in [4.78, 5) is 3.89. The van der Waals surface area contributed by atoms with E-state index in [1.807, 2.05) is 0 Å². The standard InChI is InChI=1S/C7H6Cl2F3NS2/c8-6(10,7(9,11)12)1-3-14-5-13-2-4-15-5/h2,4H,1,3H2. The van der Waals surface area contributed by atoms with Gasteiger partial charge in [-0.05, 0) is 11.6 Å². The van der Waals surface area contributed by atoms with Crippen molar-refractivity contribution >= 4 is 46.3 Å². The van der Waals surface area contributed by atoms with Crippen LogP contribution >= 0.6 is 46.3 Å². The Bertz CT molecular complexity index is 300. The number of thiazole rings is 1. The smallest absolute Gasteiger partial charge is 0.238 e. The van der Waals surface area contributed by atoms with E-state index in [1.54, 1.807) is 11.6 Å². The van der Waals surface area contributed by atoms with Gasteiger partial charge in [-0.3, -0.25) is 0 Å². The molecule has 0 amide bonds. The van der Waals surface area contributed by atoms with Gasteiger partial charge in [0.2, 0.25) is 0 Å². The van der Waals surface area contributed by atoms with E-state index in [0.717, 1.165) is 11.8 Å². The zero-order valence-electron chi connectivity index (χ0n) is 7.22. The van der Waals surface area contributed by atoms with Gasteiger partial charge in [0.25, 0.3) is 5.13 Å². The zero-order valence-corrected chi connectivity index (χ0v) is 10.4. The summed E-state index contributed by atoms with van der Waals surface area (Å²) in [5.41, 5.74) is 0. The van der Waals surface area contributed by atoms with Gasteiger partial charge in [0.1, 0.15) is 4.34 Å². The summed E-state index contributed by atoms with van der Waals surface area (Å²) < 4.78 is 38.6. The summed E-state index contributed by atoms with van der Waals surface area (Å²) in [6.45, 7) is 0. The molecule has 1 aromatic heterocycles. The van der Waals surface area contributed by atoms with Gasteiger partial charge in [-0.15, -0.1) is 11.3 Å². The van der Waals surface area contributed by atoms with Gasteiger partial charge in [-0.1, -0.05) is 23.4 Å². The zero-order chi connectivity index (χ0) is 11.5. The number of nitrogens with zero attached hydrogens (tertiary/aromatic N) is 1. The molecule has 1 aromatic rings.